The van der Waals surface area contributed by atoms with Crippen LogP contribution in [0, 0.1) is 0 Å². The van der Waals surface area contributed by atoms with Crippen LogP contribution in [0.4, 0.5) is 4.79 Å². The Morgan fingerprint density at radius 3 is 2.74 bits per heavy atom. The smallest absolute Gasteiger partial charge is 0.333 e. The number of rotatable bonds is 3. The molecule has 2 amide bonds. The lowest BCUT2D eigenvalue weighted by atomic mass is 9.94. The van der Waals surface area contributed by atoms with Crippen molar-refractivity contribution in [1.29, 1.82) is 0 Å². The van der Waals surface area contributed by atoms with Gasteiger partial charge in [-0.1, -0.05) is 30.3 Å². The zero-order chi connectivity index (χ0) is 16.4. The average Bonchev–Trinajstić information content (AvgIpc) is 2.83. The predicted molar refractivity (Wildman–Crippen MR) is 85.8 cm³/mol. The lowest BCUT2D eigenvalue weighted by Gasteiger charge is -2.46. The summed E-state index contributed by atoms with van der Waals surface area (Å²) < 4.78 is 5.05. The molecule has 2 bridgehead atoms. The van der Waals surface area contributed by atoms with Crippen molar-refractivity contribution in [2.45, 2.75) is 31.0 Å². The molecule has 2 atom stereocenters. The molecule has 6 nitrogen and oxygen atoms in total. The molecule has 1 aromatic carbocycles. The number of fused-ring (bicyclic) bond motifs is 2. The van der Waals surface area contributed by atoms with Crippen molar-refractivity contribution < 1.29 is 14.3 Å². The third kappa shape index (κ3) is 2.67. The van der Waals surface area contributed by atoms with Gasteiger partial charge in [0.05, 0.1) is 7.11 Å². The van der Waals surface area contributed by atoms with Crippen LogP contribution in [0.3, 0.4) is 0 Å². The number of urea groups is 1. The van der Waals surface area contributed by atoms with E-state index in [1.807, 2.05) is 18.2 Å². The van der Waals surface area contributed by atoms with Gasteiger partial charge in [0.25, 0.3) is 0 Å². The van der Waals surface area contributed by atoms with Crippen molar-refractivity contribution in [1.82, 2.24) is 15.1 Å². The van der Waals surface area contributed by atoms with E-state index in [1.54, 1.807) is 11.9 Å². The largest absolute Gasteiger partial charge is 0.467 e. The fourth-order valence-electron chi connectivity index (χ4n) is 3.96. The van der Waals surface area contributed by atoms with E-state index in [-0.39, 0.29) is 18.0 Å². The van der Waals surface area contributed by atoms with Gasteiger partial charge in [-0.3, -0.25) is 4.90 Å². The van der Waals surface area contributed by atoms with Crippen LogP contribution >= 0.6 is 0 Å². The summed E-state index contributed by atoms with van der Waals surface area (Å²) in [6, 6.07) is 10.0. The number of carbonyl (C=O) groups excluding carboxylic acids is 2. The van der Waals surface area contributed by atoms with Crippen LogP contribution < -0.4 is 5.32 Å². The number of ether oxygens (including phenoxy) is 1. The molecule has 0 aromatic heterocycles. The topological polar surface area (TPSA) is 61.9 Å². The van der Waals surface area contributed by atoms with E-state index in [1.165, 1.54) is 12.7 Å². The van der Waals surface area contributed by atoms with Gasteiger partial charge in [-0.2, -0.15) is 0 Å². The molecular weight excluding hydrogens is 294 g/mol. The van der Waals surface area contributed by atoms with Gasteiger partial charge in [-0.25, -0.2) is 9.59 Å². The molecule has 0 aliphatic carbocycles. The number of piperazine rings is 1. The Morgan fingerprint density at radius 1 is 1.35 bits per heavy atom. The molecule has 6 heteroatoms. The lowest BCUT2D eigenvalue weighted by Crippen LogP contribution is -2.68. The van der Waals surface area contributed by atoms with Crippen LogP contribution in [0.15, 0.2) is 30.3 Å². The third-order valence-corrected chi connectivity index (χ3v) is 4.92. The normalized spacial score (nSPS) is 26.9. The minimum Gasteiger partial charge on any atom is -0.467 e. The molecule has 2 aliphatic heterocycles. The maximum atomic E-state index is 12.5. The van der Waals surface area contributed by atoms with Crippen LogP contribution in [-0.4, -0.2) is 60.6 Å². The molecule has 23 heavy (non-hydrogen) atoms. The first-order valence-electron chi connectivity index (χ1n) is 7.96. The molecule has 2 aliphatic rings. The Balaban J connectivity index is 1.85. The lowest BCUT2D eigenvalue weighted by molar-refractivity contribution is -0.156. The summed E-state index contributed by atoms with van der Waals surface area (Å²) in [6.07, 6.45) is 1.48. The minimum atomic E-state index is -0.869. The second kappa shape index (κ2) is 6.20. The van der Waals surface area contributed by atoms with Crippen molar-refractivity contribution in [3.05, 3.63) is 35.9 Å². The number of benzene rings is 1. The SMILES string of the molecule is CNC(=O)N1C2CCC1(C(=O)OC)CN(Cc1ccccc1)C2. The molecule has 0 radical (unpaired) electrons. The van der Waals surface area contributed by atoms with Crippen LogP contribution in [0.1, 0.15) is 18.4 Å². The highest BCUT2D eigenvalue weighted by atomic mass is 16.5. The van der Waals surface area contributed by atoms with Crippen LogP contribution in [0.2, 0.25) is 0 Å². The molecule has 1 aromatic rings. The van der Waals surface area contributed by atoms with Gasteiger partial charge in [0.2, 0.25) is 0 Å². The summed E-state index contributed by atoms with van der Waals surface area (Å²) in [5.41, 5.74) is 0.340. The molecule has 2 saturated heterocycles. The quantitative estimate of drug-likeness (QED) is 0.852. The van der Waals surface area contributed by atoms with Gasteiger partial charge in [0, 0.05) is 32.7 Å². The Hall–Kier alpha value is -2.08. The fourth-order valence-corrected chi connectivity index (χ4v) is 3.96. The summed E-state index contributed by atoms with van der Waals surface area (Å²) >= 11 is 0. The molecule has 0 saturated carbocycles. The Bertz CT molecular complexity index is 592. The van der Waals surface area contributed by atoms with Crippen molar-refractivity contribution in [3.63, 3.8) is 0 Å². The number of hydrogen-bond acceptors (Lipinski definition) is 4. The summed E-state index contributed by atoms with van der Waals surface area (Å²) in [4.78, 5) is 28.8. The Labute approximate surface area is 136 Å². The third-order valence-electron chi connectivity index (χ3n) is 4.92. The van der Waals surface area contributed by atoms with Gasteiger partial charge in [-0.15, -0.1) is 0 Å². The van der Waals surface area contributed by atoms with Crippen molar-refractivity contribution in [2.24, 2.45) is 0 Å². The molecule has 124 valence electrons. The molecule has 0 spiro atoms. The summed E-state index contributed by atoms with van der Waals surface area (Å²) in [7, 11) is 2.99. The van der Waals surface area contributed by atoms with Gasteiger partial charge < -0.3 is 15.0 Å². The molecule has 2 fully saturated rings. The number of amides is 2. The van der Waals surface area contributed by atoms with Crippen LogP contribution in [0.25, 0.3) is 0 Å². The highest BCUT2D eigenvalue weighted by Gasteiger charge is 2.58. The van der Waals surface area contributed by atoms with Gasteiger partial charge in [0.1, 0.15) is 0 Å². The highest BCUT2D eigenvalue weighted by Crippen LogP contribution is 2.40. The van der Waals surface area contributed by atoms with Gasteiger partial charge in [0.15, 0.2) is 5.54 Å². The van der Waals surface area contributed by atoms with E-state index < -0.39 is 5.54 Å². The number of methoxy groups -OCH3 is 1. The Morgan fingerprint density at radius 2 is 2.09 bits per heavy atom. The van der Waals surface area contributed by atoms with Crippen molar-refractivity contribution in [3.8, 4) is 0 Å². The zero-order valence-corrected chi connectivity index (χ0v) is 13.6. The fraction of sp³-hybridized carbons (Fsp3) is 0.529. The number of nitrogens with zero attached hydrogens (tertiary/aromatic N) is 2. The maximum Gasteiger partial charge on any atom is 0.333 e. The number of carbonyl (C=O) groups is 2. The molecule has 2 heterocycles. The first-order chi connectivity index (χ1) is 11.1. The van der Waals surface area contributed by atoms with E-state index in [0.717, 1.165) is 19.5 Å². The number of nitrogens with one attached hydrogen (secondary N) is 1. The van der Waals surface area contributed by atoms with Crippen molar-refractivity contribution in [2.75, 3.05) is 27.2 Å². The molecule has 2 unspecified atom stereocenters. The second-order valence-corrected chi connectivity index (χ2v) is 6.30. The minimum absolute atomic E-state index is 0.0477. The summed E-state index contributed by atoms with van der Waals surface area (Å²) in [6.45, 7) is 2.07. The van der Waals surface area contributed by atoms with E-state index in [9.17, 15) is 9.59 Å². The highest BCUT2D eigenvalue weighted by molar-refractivity contribution is 5.89. The Kier molecular flexibility index (Phi) is 4.26. The molecule has 1 N–H and O–H groups in total. The summed E-state index contributed by atoms with van der Waals surface area (Å²) in [5, 5.41) is 2.66. The first kappa shape index (κ1) is 15.8. The monoisotopic (exact) mass is 317 g/mol. The van der Waals surface area contributed by atoms with E-state index in [0.29, 0.717) is 13.0 Å². The van der Waals surface area contributed by atoms with E-state index in [4.69, 9.17) is 4.74 Å². The second-order valence-electron chi connectivity index (χ2n) is 6.30. The molecule has 3 rings (SSSR count). The van der Waals surface area contributed by atoms with Gasteiger partial charge >= 0.3 is 12.0 Å². The molecular formula is C17H23N3O3. The number of hydrogen-bond donors (Lipinski definition) is 1. The van der Waals surface area contributed by atoms with Gasteiger partial charge in [-0.05, 0) is 18.4 Å². The van der Waals surface area contributed by atoms with Crippen molar-refractivity contribution >= 4 is 12.0 Å². The maximum absolute atomic E-state index is 12.5. The van der Waals surface area contributed by atoms with E-state index in [2.05, 4.69) is 22.3 Å². The number of likely N-dealkylation sites (tertiary alicyclic amines) is 1. The summed E-state index contributed by atoms with van der Waals surface area (Å²) in [5.74, 6) is -0.318. The standard InChI is InChI=1S/C17H23N3O3/c1-18-16(22)20-14-8-9-17(20,15(21)23-2)12-19(11-14)10-13-6-4-3-5-7-13/h3-7,14H,8-12H2,1-2H3,(H,18,22). The zero-order valence-electron chi connectivity index (χ0n) is 13.6. The predicted octanol–water partition coefficient (Wildman–Crippen LogP) is 1.22. The van der Waals surface area contributed by atoms with E-state index >= 15 is 0 Å². The first-order valence-corrected chi connectivity index (χ1v) is 7.96. The average molecular weight is 317 g/mol. The van der Waals surface area contributed by atoms with Crippen LogP contribution in [-0.2, 0) is 16.1 Å². The van der Waals surface area contributed by atoms with Crippen LogP contribution in [0.5, 0.6) is 0 Å². The number of esters is 1.